The number of allylic oxidation sites excluding steroid dienone is 2. The minimum Gasteiger partial charge on any atom is -0.508 e. The Morgan fingerprint density at radius 3 is 2.57 bits per heavy atom. The van der Waals surface area contributed by atoms with Gasteiger partial charge in [0.05, 0.1) is 6.67 Å². The van der Waals surface area contributed by atoms with Crippen molar-refractivity contribution in [3.8, 4) is 5.75 Å². The fourth-order valence-corrected chi connectivity index (χ4v) is 8.52. The maximum absolute atomic E-state index is 15.9. The third kappa shape index (κ3) is 5.83. The third-order valence-electron chi connectivity index (χ3n) is 10.3. The number of benzene rings is 2. The molecule has 5 nitrogen and oxygen atoms in total. The van der Waals surface area contributed by atoms with E-state index in [2.05, 4.69) is 43.1 Å². The predicted octanol–water partition coefficient (Wildman–Crippen LogP) is 7.40. The van der Waals surface area contributed by atoms with E-state index in [1.165, 1.54) is 12.1 Å². The second kappa shape index (κ2) is 12.8. The van der Waals surface area contributed by atoms with Crippen LogP contribution < -0.4 is 10.6 Å². The molecule has 0 aromatic heterocycles. The number of halogens is 2. The number of alkyl halides is 2. The molecule has 7 heteroatoms. The summed E-state index contributed by atoms with van der Waals surface area (Å²) in [6, 6.07) is 13.9. The van der Waals surface area contributed by atoms with Crippen LogP contribution >= 0.6 is 0 Å². The fraction of sp³-hybridized carbons (Fsp3) is 0.543. The molecule has 228 valence electrons. The first kappa shape index (κ1) is 32.0. The Balaban J connectivity index is 1.83. The summed E-state index contributed by atoms with van der Waals surface area (Å²) in [4.78, 5) is 8.67. The molecule has 3 N–H and O–H groups in total. The lowest BCUT2D eigenvalue weighted by molar-refractivity contribution is -0.0403. The van der Waals surface area contributed by atoms with Crippen molar-refractivity contribution >= 4 is 12.4 Å². The van der Waals surface area contributed by atoms with Gasteiger partial charge < -0.3 is 10.4 Å². The van der Waals surface area contributed by atoms with Gasteiger partial charge in [0.15, 0.2) is 0 Å². The van der Waals surface area contributed by atoms with Crippen molar-refractivity contribution in [2.45, 2.75) is 90.1 Å². The summed E-state index contributed by atoms with van der Waals surface area (Å²) in [7, 11) is 1.99. The molecule has 1 saturated carbocycles. The molecule has 0 spiro atoms. The summed E-state index contributed by atoms with van der Waals surface area (Å²) < 4.78 is 31.9. The Kier molecular flexibility index (Phi) is 9.73. The van der Waals surface area contributed by atoms with Gasteiger partial charge in [-0.1, -0.05) is 57.2 Å². The highest BCUT2D eigenvalue weighted by Gasteiger charge is 2.67. The number of fused-ring (bicyclic) bond motifs is 3. The van der Waals surface area contributed by atoms with E-state index < -0.39 is 11.3 Å². The number of aromatic hydroxyl groups is 1. The molecule has 2 aliphatic carbocycles. The van der Waals surface area contributed by atoms with E-state index in [-0.39, 0.29) is 47.1 Å². The van der Waals surface area contributed by atoms with E-state index >= 15 is 8.78 Å². The zero-order valence-corrected chi connectivity index (χ0v) is 26.1. The first-order valence-electron chi connectivity index (χ1n) is 15.3. The first-order chi connectivity index (χ1) is 19.9. The number of hydrogen-bond donors (Lipinski definition) is 3. The predicted molar refractivity (Wildman–Crippen MR) is 170 cm³/mol. The smallest absolute Gasteiger partial charge is 0.273 e. The number of hydrogen-bond acceptors (Lipinski definition) is 5. The van der Waals surface area contributed by atoms with E-state index in [1.54, 1.807) is 24.3 Å². The SMILES string of the molecule is C=N/C(C)=C\C(C)=N/CNC(CC)C1[C@@H](C)CC2(C)C(NC)Cc3ccc(O)cc3C12CCC(F)(F)c1ccccc1. The molecule has 0 saturated heterocycles. The highest BCUT2D eigenvalue weighted by Crippen LogP contribution is 2.68. The van der Waals surface area contributed by atoms with Gasteiger partial charge in [0, 0.05) is 40.9 Å². The lowest BCUT2D eigenvalue weighted by Crippen LogP contribution is -2.61. The quantitative estimate of drug-likeness (QED) is 0.230. The van der Waals surface area contributed by atoms with Crippen LogP contribution in [0.4, 0.5) is 8.78 Å². The Morgan fingerprint density at radius 2 is 1.93 bits per heavy atom. The summed E-state index contributed by atoms with van der Waals surface area (Å²) in [5.41, 5.74) is 2.97. The molecule has 0 amide bonds. The Hall–Kier alpha value is -2.90. The Bertz CT molecular complexity index is 1310. The number of nitrogens with one attached hydrogen (secondary N) is 2. The molecule has 2 aliphatic rings. The minimum absolute atomic E-state index is 0.0390. The average molecular weight is 579 g/mol. The van der Waals surface area contributed by atoms with Crippen LogP contribution in [0, 0.1) is 17.3 Å². The summed E-state index contributed by atoms with van der Waals surface area (Å²) in [6.07, 6.45) is 4.47. The van der Waals surface area contributed by atoms with Gasteiger partial charge in [0.2, 0.25) is 0 Å². The van der Waals surface area contributed by atoms with Crippen molar-refractivity contribution in [2.75, 3.05) is 13.7 Å². The van der Waals surface area contributed by atoms with Crippen molar-refractivity contribution in [3.63, 3.8) is 0 Å². The molecule has 6 atom stereocenters. The zero-order chi connectivity index (χ0) is 30.7. The van der Waals surface area contributed by atoms with Crippen molar-refractivity contribution in [1.29, 1.82) is 0 Å². The normalized spacial score (nSPS) is 28.7. The number of aliphatic imine (C=N–C) groups is 2. The molecular weight excluding hydrogens is 530 g/mol. The maximum Gasteiger partial charge on any atom is 0.273 e. The molecule has 0 aliphatic heterocycles. The maximum atomic E-state index is 15.9. The van der Waals surface area contributed by atoms with Gasteiger partial charge >= 0.3 is 0 Å². The van der Waals surface area contributed by atoms with Gasteiger partial charge in [0.1, 0.15) is 5.75 Å². The van der Waals surface area contributed by atoms with Crippen molar-refractivity contribution < 1.29 is 13.9 Å². The highest BCUT2D eigenvalue weighted by atomic mass is 19.3. The fourth-order valence-electron chi connectivity index (χ4n) is 8.52. The van der Waals surface area contributed by atoms with Crippen LogP contribution in [0.1, 0.15) is 77.0 Å². The van der Waals surface area contributed by atoms with Crippen LogP contribution in [0.25, 0.3) is 0 Å². The van der Waals surface area contributed by atoms with E-state index in [1.807, 2.05) is 39.1 Å². The lowest BCUT2D eigenvalue weighted by Gasteiger charge is -2.57. The molecule has 4 rings (SSSR count). The Labute approximate surface area is 250 Å². The van der Waals surface area contributed by atoms with Crippen LogP contribution in [0.3, 0.4) is 0 Å². The first-order valence-corrected chi connectivity index (χ1v) is 15.3. The second-order valence-corrected chi connectivity index (χ2v) is 12.7. The van der Waals surface area contributed by atoms with Crippen LogP contribution in [0.2, 0.25) is 0 Å². The molecule has 0 heterocycles. The number of likely N-dealkylation sites (N-methyl/N-ethyl adjacent to an activating group) is 1. The molecule has 42 heavy (non-hydrogen) atoms. The summed E-state index contributed by atoms with van der Waals surface area (Å²) in [5, 5.41) is 18.1. The molecule has 2 aromatic carbocycles. The number of phenolic OH excluding ortho intramolecular Hbond substituents is 1. The van der Waals surface area contributed by atoms with Gasteiger partial charge in [-0.25, -0.2) is 8.78 Å². The van der Waals surface area contributed by atoms with Gasteiger partial charge in [0.25, 0.3) is 5.92 Å². The average Bonchev–Trinajstić information content (AvgIpc) is 3.21. The summed E-state index contributed by atoms with van der Waals surface area (Å²) >= 11 is 0. The van der Waals surface area contributed by atoms with Crippen molar-refractivity contribution in [2.24, 2.45) is 27.2 Å². The van der Waals surface area contributed by atoms with E-state index in [0.29, 0.717) is 13.1 Å². The molecule has 0 bridgehead atoms. The van der Waals surface area contributed by atoms with Crippen LogP contribution in [-0.2, 0) is 17.8 Å². The van der Waals surface area contributed by atoms with Gasteiger partial charge in [-0.15, -0.1) is 0 Å². The van der Waals surface area contributed by atoms with Crippen LogP contribution in [-0.4, -0.2) is 43.3 Å². The van der Waals surface area contributed by atoms with Gasteiger partial charge in [-0.3, -0.25) is 15.3 Å². The number of rotatable bonds is 12. The van der Waals surface area contributed by atoms with E-state index in [0.717, 1.165) is 41.8 Å². The second-order valence-electron chi connectivity index (χ2n) is 12.7. The number of phenols is 1. The monoisotopic (exact) mass is 578 g/mol. The zero-order valence-electron chi connectivity index (χ0n) is 26.1. The third-order valence-corrected chi connectivity index (χ3v) is 10.3. The van der Waals surface area contributed by atoms with E-state index in [4.69, 9.17) is 4.99 Å². The molecule has 2 aromatic rings. The summed E-state index contributed by atoms with van der Waals surface area (Å²) in [6.45, 7) is 14.6. The Morgan fingerprint density at radius 1 is 1.21 bits per heavy atom. The van der Waals surface area contributed by atoms with Crippen molar-refractivity contribution in [1.82, 2.24) is 10.6 Å². The van der Waals surface area contributed by atoms with E-state index in [9.17, 15) is 5.11 Å². The molecule has 0 radical (unpaired) electrons. The van der Waals surface area contributed by atoms with Gasteiger partial charge in [-0.2, -0.15) is 0 Å². The molecule has 5 unspecified atom stereocenters. The van der Waals surface area contributed by atoms with Crippen LogP contribution in [0.5, 0.6) is 5.75 Å². The van der Waals surface area contributed by atoms with Gasteiger partial charge in [-0.05, 0) is 99.9 Å². The minimum atomic E-state index is -2.98. The molecule has 1 fully saturated rings. The lowest BCUT2D eigenvalue weighted by atomic mass is 9.49. The van der Waals surface area contributed by atoms with Crippen molar-refractivity contribution in [3.05, 3.63) is 77.0 Å². The topological polar surface area (TPSA) is 69.0 Å². The largest absolute Gasteiger partial charge is 0.508 e. The van der Waals surface area contributed by atoms with Crippen LogP contribution in [0.15, 0.2) is 70.3 Å². The molecular formula is C35H48F2N4O. The standard InChI is InChI=1S/C35H48F2N4O/c1-8-30(41-22-40-25(4)18-24(3)38-6)32-23(2)21-33(5)31(39-7)19-26-14-15-28(42)20-29(26)34(32,33)16-17-35(36,37)27-12-10-9-11-13-27/h9-15,18,20,23,30-32,39,41-42H,6,8,16-17,19,21-22H2,1-5,7H3/b24-18-,40-25-/t23-,30?,31?,32?,33?,34?/m0/s1. The highest BCUT2D eigenvalue weighted by molar-refractivity contribution is 5.93. The number of nitrogens with zero attached hydrogens (tertiary/aromatic N) is 2. The summed E-state index contributed by atoms with van der Waals surface area (Å²) in [5.74, 6) is -2.47.